The number of carbonyl (C=O) groups excluding carboxylic acids is 2. The fraction of sp³-hybridized carbons (Fsp3) is 0.263. The second-order valence-electron chi connectivity index (χ2n) is 5.42. The Morgan fingerprint density at radius 1 is 0.875 bits per heavy atom. The van der Waals surface area contributed by atoms with Gasteiger partial charge in [0.05, 0.1) is 6.54 Å². The topological polar surface area (TPSA) is 70.2 Å². The molecule has 0 aromatic heterocycles. The summed E-state index contributed by atoms with van der Waals surface area (Å²) in [6, 6.07) is 17.3. The minimum Gasteiger partial charge on any atom is -0.376 e. The van der Waals surface area contributed by atoms with Crippen LogP contribution in [0.1, 0.15) is 18.9 Å². The molecule has 0 bridgehead atoms. The molecule has 2 rings (SSSR count). The summed E-state index contributed by atoms with van der Waals surface area (Å²) in [6.45, 7) is 2.73. The molecule has 0 spiro atoms. The van der Waals surface area contributed by atoms with Gasteiger partial charge in [0.2, 0.25) is 11.8 Å². The third kappa shape index (κ3) is 6.12. The number of hydrogen-bond donors (Lipinski definition) is 3. The molecule has 0 unspecified atom stereocenters. The van der Waals surface area contributed by atoms with Crippen molar-refractivity contribution >= 4 is 23.2 Å². The van der Waals surface area contributed by atoms with E-state index in [1.54, 1.807) is 0 Å². The molecule has 0 fully saturated rings. The van der Waals surface area contributed by atoms with E-state index >= 15 is 0 Å². The van der Waals surface area contributed by atoms with Crippen LogP contribution in [-0.2, 0) is 16.0 Å². The Morgan fingerprint density at radius 3 is 2.21 bits per heavy atom. The van der Waals surface area contributed by atoms with E-state index in [0.29, 0.717) is 13.0 Å². The number of rotatable bonds is 8. The highest BCUT2D eigenvalue weighted by molar-refractivity contribution is 5.91. The lowest BCUT2D eigenvalue weighted by Gasteiger charge is -2.09. The minimum atomic E-state index is -0.0456. The largest absolute Gasteiger partial charge is 0.376 e. The fourth-order valence-corrected chi connectivity index (χ4v) is 2.24. The van der Waals surface area contributed by atoms with Gasteiger partial charge in [0.1, 0.15) is 0 Å². The zero-order valence-electron chi connectivity index (χ0n) is 13.8. The Hall–Kier alpha value is -2.82. The van der Waals surface area contributed by atoms with Crippen LogP contribution in [0.3, 0.4) is 0 Å². The zero-order chi connectivity index (χ0) is 17.2. The number of benzene rings is 2. The smallest absolute Gasteiger partial charge is 0.239 e. The molecule has 0 saturated heterocycles. The summed E-state index contributed by atoms with van der Waals surface area (Å²) in [5.74, 6) is -0.0577. The summed E-state index contributed by atoms with van der Waals surface area (Å²) in [6.07, 6.45) is 1.17. The van der Waals surface area contributed by atoms with Crippen molar-refractivity contribution in [1.82, 2.24) is 5.32 Å². The van der Waals surface area contributed by atoms with Gasteiger partial charge in [0.25, 0.3) is 0 Å². The number of aryl methyl sites for hydroxylation is 1. The zero-order valence-corrected chi connectivity index (χ0v) is 13.8. The second-order valence-corrected chi connectivity index (χ2v) is 5.42. The van der Waals surface area contributed by atoms with Gasteiger partial charge in [0, 0.05) is 24.3 Å². The van der Waals surface area contributed by atoms with Crippen molar-refractivity contribution in [3.05, 3.63) is 60.2 Å². The van der Waals surface area contributed by atoms with Gasteiger partial charge >= 0.3 is 0 Å². The summed E-state index contributed by atoms with van der Waals surface area (Å²) in [5, 5.41) is 8.63. The van der Waals surface area contributed by atoms with Crippen molar-refractivity contribution in [3.8, 4) is 0 Å². The van der Waals surface area contributed by atoms with Crippen molar-refractivity contribution in [2.24, 2.45) is 0 Å². The van der Waals surface area contributed by atoms with Crippen molar-refractivity contribution in [2.45, 2.75) is 19.8 Å². The van der Waals surface area contributed by atoms with E-state index in [2.05, 4.69) is 16.0 Å². The molecule has 2 amide bonds. The highest BCUT2D eigenvalue weighted by Crippen LogP contribution is 2.14. The maximum Gasteiger partial charge on any atom is 0.239 e. The highest BCUT2D eigenvalue weighted by Gasteiger charge is 2.04. The number of anilines is 2. The molecule has 5 nitrogen and oxygen atoms in total. The quantitative estimate of drug-likeness (QED) is 0.699. The van der Waals surface area contributed by atoms with Crippen LogP contribution in [0.2, 0.25) is 0 Å². The molecule has 3 N–H and O–H groups in total. The van der Waals surface area contributed by atoms with Crippen LogP contribution in [0.25, 0.3) is 0 Å². The first-order valence-electron chi connectivity index (χ1n) is 8.12. The van der Waals surface area contributed by atoms with Gasteiger partial charge in [-0.25, -0.2) is 0 Å². The van der Waals surface area contributed by atoms with Crippen molar-refractivity contribution in [3.63, 3.8) is 0 Å². The average Bonchev–Trinajstić information content (AvgIpc) is 2.60. The molecule has 0 aliphatic carbocycles. The van der Waals surface area contributed by atoms with Crippen LogP contribution >= 0.6 is 0 Å². The number of nitrogens with one attached hydrogen (secondary N) is 3. The van der Waals surface area contributed by atoms with Gasteiger partial charge < -0.3 is 16.0 Å². The molecular formula is C19H23N3O2. The monoisotopic (exact) mass is 325 g/mol. The van der Waals surface area contributed by atoms with Crippen molar-refractivity contribution in [2.75, 3.05) is 23.7 Å². The standard InChI is InChI=1S/C19H23N3O2/c1-2-20-19(24)14-21-16-9-11-17(12-10-16)22-18(23)13-8-15-6-4-3-5-7-15/h3-7,9-12,21H,2,8,13-14H2,1H3,(H,20,24)(H,22,23). The van der Waals surface area contributed by atoms with Crippen LogP contribution in [0.15, 0.2) is 54.6 Å². The van der Waals surface area contributed by atoms with E-state index in [1.165, 1.54) is 0 Å². The average molecular weight is 325 g/mol. The van der Waals surface area contributed by atoms with Crippen LogP contribution in [0, 0.1) is 0 Å². The van der Waals surface area contributed by atoms with Gasteiger partial charge in [-0.1, -0.05) is 30.3 Å². The van der Waals surface area contributed by atoms with E-state index < -0.39 is 0 Å². The van der Waals surface area contributed by atoms with Crippen LogP contribution in [0.4, 0.5) is 11.4 Å². The van der Waals surface area contributed by atoms with Gasteiger partial charge in [-0.15, -0.1) is 0 Å². The van der Waals surface area contributed by atoms with Gasteiger partial charge in [-0.05, 0) is 43.2 Å². The first-order chi connectivity index (χ1) is 11.7. The number of likely N-dealkylation sites (N-methyl/N-ethyl adjacent to an activating group) is 1. The fourth-order valence-electron chi connectivity index (χ4n) is 2.24. The minimum absolute atomic E-state index is 0.0121. The molecular weight excluding hydrogens is 302 g/mol. The van der Waals surface area contributed by atoms with E-state index in [-0.39, 0.29) is 18.4 Å². The predicted octanol–water partition coefficient (Wildman–Crippen LogP) is 2.81. The van der Waals surface area contributed by atoms with Crippen LogP contribution in [-0.4, -0.2) is 24.9 Å². The molecule has 24 heavy (non-hydrogen) atoms. The Kier molecular flexibility index (Phi) is 6.83. The Labute approximate surface area is 142 Å². The van der Waals surface area contributed by atoms with Crippen LogP contribution in [0.5, 0.6) is 0 Å². The first kappa shape index (κ1) is 17.5. The molecule has 0 radical (unpaired) electrons. The van der Waals surface area contributed by atoms with Gasteiger partial charge in [0.15, 0.2) is 0 Å². The molecule has 0 saturated carbocycles. The number of carbonyl (C=O) groups is 2. The van der Waals surface area contributed by atoms with Crippen molar-refractivity contribution < 1.29 is 9.59 Å². The Bertz CT molecular complexity index is 654. The van der Waals surface area contributed by atoms with E-state index in [4.69, 9.17) is 0 Å². The molecule has 126 valence electrons. The second kappa shape index (κ2) is 9.35. The van der Waals surface area contributed by atoms with Crippen LogP contribution < -0.4 is 16.0 Å². The molecule has 0 atom stereocenters. The lowest BCUT2D eigenvalue weighted by molar-refractivity contribution is -0.119. The molecule has 0 heterocycles. The first-order valence-corrected chi connectivity index (χ1v) is 8.12. The Morgan fingerprint density at radius 2 is 1.54 bits per heavy atom. The van der Waals surface area contributed by atoms with E-state index in [9.17, 15) is 9.59 Å². The summed E-state index contributed by atoms with van der Waals surface area (Å²) < 4.78 is 0. The third-order valence-electron chi connectivity index (χ3n) is 3.48. The SMILES string of the molecule is CCNC(=O)CNc1ccc(NC(=O)CCc2ccccc2)cc1. The molecule has 2 aromatic rings. The highest BCUT2D eigenvalue weighted by atomic mass is 16.2. The van der Waals surface area contributed by atoms with Crippen molar-refractivity contribution in [1.29, 1.82) is 0 Å². The Balaban J connectivity index is 1.76. The maximum atomic E-state index is 12.0. The van der Waals surface area contributed by atoms with E-state index in [0.717, 1.165) is 23.4 Å². The lowest BCUT2D eigenvalue weighted by atomic mass is 10.1. The van der Waals surface area contributed by atoms with Gasteiger partial charge in [-0.2, -0.15) is 0 Å². The normalized spacial score (nSPS) is 10.0. The molecule has 2 aromatic carbocycles. The molecule has 0 aliphatic rings. The third-order valence-corrected chi connectivity index (χ3v) is 3.48. The summed E-state index contributed by atoms with van der Waals surface area (Å²) in [4.78, 5) is 23.4. The van der Waals surface area contributed by atoms with Gasteiger partial charge in [-0.3, -0.25) is 9.59 Å². The summed E-state index contributed by atoms with van der Waals surface area (Å²) in [5.41, 5.74) is 2.73. The van der Waals surface area contributed by atoms with E-state index in [1.807, 2.05) is 61.5 Å². The lowest BCUT2D eigenvalue weighted by Crippen LogP contribution is -2.29. The number of amides is 2. The maximum absolute atomic E-state index is 12.0. The molecule has 5 heteroatoms. The number of hydrogen-bond acceptors (Lipinski definition) is 3. The summed E-state index contributed by atoms with van der Waals surface area (Å²) in [7, 11) is 0. The summed E-state index contributed by atoms with van der Waals surface area (Å²) >= 11 is 0. The predicted molar refractivity (Wildman–Crippen MR) is 97.0 cm³/mol. The molecule has 0 aliphatic heterocycles.